The van der Waals surface area contributed by atoms with Crippen LogP contribution < -0.4 is 9.47 Å². The molecular formula is C26H29N3O4. The number of hydrogen-bond donors (Lipinski definition) is 0. The lowest BCUT2D eigenvalue weighted by molar-refractivity contribution is 0.0685. The molecule has 33 heavy (non-hydrogen) atoms. The van der Waals surface area contributed by atoms with E-state index in [4.69, 9.17) is 9.47 Å². The van der Waals surface area contributed by atoms with Crippen molar-refractivity contribution in [3.8, 4) is 11.5 Å². The maximum absolute atomic E-state index is 12.8. The second-order valence-corrected chi connectivity index (χ2v) is 8.94. The largest absolute Gasteiger partial charge is 0.454 e. The Morgan fingerprint density at radius 1 is 0.970 bits per heavy atom. The van der Waals surface area contributed by atoms with Gasteiger partial charge in [-0.15, -0.1) is 0 Å². The van der Waals surface area contributed by atoms with Crippen LogP contribution in [0.3, 0.4) is 0 Å². The third-order valence-electron chi connectivity index (χ3n) is 6.75. The summed E-state index contributed by atoms with van der Waals surface area (Å²) in [6, 6.07) is 9.16. The number of piperidine rings is 1. The van der Waals surface area contributed by atoms with Gasteiger partial charge in [-0.1, -0.05) is 19.3 Å². The smallest absolute Gasteiger partial charge is 0.253 e. The number of Topliss-reactive ketones (excluding diaryl/α,β-unsaturated/α-hetero) is 1. The molecule has 3 aromatic rings. The number of imidazole rings is 1. The average Bonchev–Trinajstić information content (AvgIpc) is 3.52. The third kappa shape index (κ3) is 4.87. The van der Waals surface area contributed by atoms with Crippen LogP contribution >= 0.6 is 0 Å². The average molecular weight is 448 g/mol. The SMILES string of the molecule is O=C(CCCCCC1CCN(C(=O)c2ccc3c(c2)OCO3)CC1)c1ccc2nccn2c1. The first-order valence-electron chi connectivity index (χ1n) is 11.8. The Kier molecular flexibility index (Phi) is 6.28. The fraction of sp³-hybridized carbons (Fsp3) is 0.423. The first-order valence-corrected chi connectivity index (χ1v) is 11.8. The molecule has 0 saturated carbocycles. The molecule has 7 heteroatoms. The van der Waals surface area contributed by atoms with Crippen molar-refractivity contribution in [2.75, 3.05) is 19.9 Å². The molecule has 172 valence electrons. The van der Waals surface area contributed by atoms with E-state index in [-0.39, 0.29) is 18.5 Å². The highest BCUT2D eigenvalue weighted by atomic mass is 16.7. The quantitative estimate of drug-likeness (QED) is 0.368. The predicted octanol–water partition coefficient (Wildman–Crippen LogP) is 4.75. The lowest BCUT2D eigenvalue weighted by Gasteiger charge is -2.32. The van der Waals surface area contributed by atoms with E-state index in [1.54, 1.807) is 12.3 Å². The van der Waals surface area contributed by atoms with Gasteiger partial charge in [-0.3, -0.25) is 9.59 Å². The van der Waals surface area contributed by atoms with E-state index in [0.29, 0.717) is 29.4 Å². The lowest BCUT2D eigenvalue weighted by Crippen LogP contribution is -2.38. The minimum absolute atomic E-state index is 0.0687. The number of fused-ring (bicyclic) bond motifs is 2. The number of unbranched alkanes of at least 4 members (excludes halogenated alkanes) is 2. The van der Waals surface area contributed by atoms with Crippen molar-refractivity contribution >= 4 is 17.3 Å². The topological polar surface area (TPSA) is 73.1 Å². The Labute approximate surface area is 193 Å². The second-order valence-electron chi connectivity index (χ2n) is 8.94. The van der Waals surface area contributed by atoms with Crippen molar-refractivity contribution in [3.05, 3.63) is 60.0 Å². The second kappa shape index (κ2) is 9.65. The number of rotatable bonds is 8. The van der Waals surface area contributed by atoms with Crippen LogP contribution in [-0.2, 0) is 0 Å². The maximum Gasteiger partial charge on any atom is 0.253 e. The Morgan fingerprint density at radius 2 is 1.79 bits per heavy atom. The van der Waals surface area contributed by atoms with Crippen LogP contribution in [0, 0.1) is 5.92 Å². The summed E-state index contributed by atoms with van der Waals surface area (Å²) in [6.07, 6.45) is 12.4. The van der Waals surface area contributed by atoms with Gasteiger partial charge in [0.15, 0.2) is 17.3 Å². The minimum atomic E-state index is 0.0687. The van der Waals surface area contributed by atoms with Crippen molar-refractivity contribution in [2.24, 2.45) is 5.92 Å². The molecule has 0 radical (unpaired) electrons. The third-order valence-corrected chi connectivity index (χ3v) is 6.75. The van der Waals surface area contributed by atoms with Gasteiger partial charge in [-0.2, -0.15) is 0 Å². The highest BCUT2D eigenvalue weighted by Crippen LogP contribution is 2.33. The molecule has 0 atom stereocenters. The molecule has 0 aliphatic carbocycles. The van der Waals surface area contributed by atoms with Gasteiger partial charge in [0, 0.05) is 49.2 Å². The monoisotopic (exact) mass is 447 g/mol. The van der Waals surface area contributed by atoms with Crippen molar-refractivity contribution < 1.29 is 19.1 Å². The van der Waals surface area contributed by atoms with E-state index in [9.17, 15) is 9.59 Å². The Bertz CT molecular complexity index is 1150. The van der Waals surface area contributed by atoms with Crippen LogP contribution in [0.4, 0.5) is 0 Å². The number of pyridine rings is 1. The van der Waals surface area contributed by atoms with Gasteiger partial charge < -0.3 is 18.8 Å². The van der Waals surface area contributed by atoms with Gasteiger partial charge in [-0.25, -0.2) is 4.98 Å². The van der Waals surface area contributed by atoms with Crippen LogP contribution in [0.25, 0.3) is 5.65 Å². The molecule has 7 nitrogen and oxygen atoms in total. The number of likely N-dealkylation sites (tertiary alicyclic amines) is 1. The number of nitrogens with zero attached hydrogens (tertiary/aromatic N) is 3. The Morgan fingerprint density at radius 3 is 2.67 bits per heavy atom. The lowest BCUT2D eigenvalue weighted by atomic mass is 9.90. The molecule has 0 N–H and O–H groups in total. The summed E-state index contributed by atoms with van der Waals surface area (Å²) in [5.74, 6) is 2.27. The van der Waals surface area contributed by atoms with Crippen LogP contribution in [0.5, 0.6) is 11.5 Å². The van der Waals surface area contributed by atoms with Crippen molar-refractivity contribution in [2.45, 2.75) is 44.9 Å². The molecule has 0 unspecified atom stereocenters. The number of benzene rings is 1. The number of ketones is 1. The summed E-state index contributed by atoms with van der Waals surface area (Å²) in [7, 11) is 0. The summed E-state index contributed by atoms with van der Waals surface area (Å²) in [4.78, 5) is 31.5. The zero-order valence-corrected chi connectivity index (χ0v) is 18.7. The van der Waals surface area contributed by atoms with Gasteiger partial charge >= 0.3 is 0 Å². The van der Waals surface area contributed by atoms with Gasteiger partial charge in [-0.05, 0) is 55.5 Å². The summed E-state index contributed by atoms with van der Waals surface area (Å²) in [6.45, 7) is 1.81. The number of amides is 1. The number of hydrogen-bond acceptors (Lipinski definition) is 5. The van der Waals surface area contributed by atoms with Crippen LogP contribution in [0.15, 0.2) is 48.9 Å². The van der Waals surface area contributed by atoms with Gasteiger partial charge in [0.25, 0.3) is 5.91 Å². The molecule has 5 rings (SSSR count). The number of aromatic nitrogens is 2. The summed E-state index contributed by atoms with van der Waals surface area (Å²) in [5.41, 5.74) is 2.27. The zero-order valence-electron chi connectivity index (χ0n) is 18.7. The number of carbonyl (C=O) groups excluding carboxylic acids is 2. The van der Waals surface area contributed by atoms with Crippen LogP contribution in [-0.4, -0.2) is 45.9 Å². The van der Waals surface area contributed by atoms with Gasteiger partial charge in [0.2, 0.25) is 6.79 Å². The minimum Gasteiger partial charge on any atom is -0.454 e. The van der Waals surface area contributed by atoms with Crippen molar-refractivity contribution in [3.63, 3.8) is 0 Å². The highest BCUT2D eigenvalue weighted by Gasteiger charge is 2.25. The maximum atomic E-state index is 12.8. The van der Waals surface area contributed by atoms with E-state index < -0.39 is 0 Å². The van der Waals surface area contributed by atoms with E-state index >= 15 is 0 Å². The number of ether oxygens (including phenoxy) is 2. The van der Waals surface area contributed by atoms with Gasteiger partial charge in [0.1, 0.15) is 5.65 Å². The summed E-state index contributed by atoms with van der Waals surface area (Å²) in [5, 5.41) is 0. The van der Waals surface area contributed by atoms with Crippen LogP contribution in [0.2, 0.25) is 0 Å². The Balaban J connectivity index is 1.00. The molecule has 2 aliphatic rings. The zero-order chi connectivity index (χ0) is 22.6. The first kappa shape index (κ1) is 21.5. The molecule has 0 bridgehead atoms. The molecule has 1 saturated heterocycles. The van der Waals surface area contributed by atoms with E-state index in [1.165, 1.54) is 6.42 Å². The highest BCUT2D eigenvalue weighted by molar-refractivity contribution is 5.96. The molecule has 1 aromatic carbocycles. The Hall–Kier alpha value is -3.35. The molecule has 2 aromatic heterocycles. The fourth-order valence-electron chi connectivity index (χ4n) is 4.76. The normalized spacial score (nSPS) is 15.8. The molecule has 1 amide bonds. The van der Waals surface area contributed by atoms with Crippen molar-refractivity contribution in [1.29, 1.82) is 0 Å². The van der Waals surface area contributed by atoms with Crippen LogP contribution in [0.1, 0.15) is 65.7 Å². The molecule has 2 aliphatic heterocycles. The standard InChI is InChI=1S/C26H29N3O4/c30-22(21-7-9-25-27-12-15-29(25)17-21)5-3-1-2-4-19-10-13-28(14-11-19)26(31)20-6-8-23-24(16-20)33-18-32-23/h6-9,12,15-17,19H,1-5,10-11,13-14,18H2. The summed E-state index contributed by atoms with van der Waals surface area (Å²) < 4.78 is 12.6. The number of carbonyl (C=O) groups is 2. The van der Waals surface area contributed by atoms with Gasteiger partial charge in [0.05, 0.1) is 0 Å². The summed E-state index contributed by atoms with van der Waals surface area (Å²) >= 11 is 0. The molecule has 1 fully saturated rings. The van der Waals surface area contributed by atoms with Crippen molar-refractivity contribution in [1.82, 2.24) is 14.3 Å². The van der Waals surface area contributed by atoms with E-state index in [0.717, 1.165) is 56.4 Å². The molecular weight excluding hydrogens is 418 g/mol. The van der Waals surface area contributed by atoms with E-state index in [2.05, 4.69) is 4.98 Å². The first-order chi connectivity index (χ1) is 16.2. The predicted molar refractivity (Wildman–Crippen MR) is 124 cm³/mol. The molecule has 0 spiro atoms. The fourth-order valence-corrected chi connectivity index (χ4v) is 4.76. The van der Waals surface area contributed by atoms with E-state index in [1.807, 2.05) is 46.0 Å². The molecule has 4 heterocycles.